The van der Waals surface area contributed by atoms with Crippen molar-refractivity contribution in [2.24, 2.45) is 0 Å². The molecule has 0 saturated heterocycles. The minimum absolute atomic E-state index is 0.117. The van der Waals surface area contributed by atoms with Crippen molar-refractivity contribution in [1.82, 2.24) is 0 Å². The number of para-hydroxylation sites is 2. The number of phenols is 2. The summed E-state index contributed by atoms with van der Waals surface area (Å²) in [6.45, 7) is 3.54. The molecule has 0 aliphatic rings. The van der Waals surface area contributed by atoms with Gasteiger partial charge in [-0.1, -0.05) is 60.7 Å². The fourth-order valence-electron chi connectivity index (χ4n) is 5.24. The molecule has 9 heteroatoms. The van der Waals surface area contributed by atoms with Crippen LogP contribution in [-0.2, 0) is 0 Å². The zero-order valence-electron chi connectivity index (χ0n) is 26.6. The van der Waals surface area contributed by atoms with Crippen LogP contribution in [0.15, 0.2) is 133 Å². The quantitative estimate of drug-likeness (QED) is 0.129. The Morgan fingerprint density at radius 3 is 1.31 bits per heavy atom. The highest BCUT2D eigenvalue weighted by molar-refractivity contribution is 5.97. The SMILES string of the molecule is Cc1cc(-c2c(NC(=O)Oc3ccccc3)cccc2Oc2cccc(NC(=O)Oc3ccccc3)c2-c2ccc(O)c(C)c2)ccc1O. The summed E-state index contributed by atoms with van der Waals surface area (Å²) < 4.78 is 17.7. The lowest BCUT2D eigenvalue weighted by Crippen LogP contribution is -2.17. The molecule has 0 fully saturated rings. The van der Waals surface area contributed by atoms with Gasteiger partial charge in [0, 0.05) is 11.1 Å². The van der Waals surface area contributed by atoms with E-state index in [0.717, 1.165) is 0 Å². The summed E-state index contributed by atoms with van der Waals surface area (Å²) in [7, 11) is 0. The van der Waals surface area contributed by atoms with Crippen molar-refractivity contribution in [2.45, 2.75) is 13.8 Å². The molecule has 244 valence electrons. The lowest BCUT2D eigenvalue weighted by Gasteiger charge is -2.20. The van der Waals surface area contributed by atoms with Crippen LogP contribution in [0.5, 0.6) is 34.5 Å². The predicted molar refractivity (Wildman–Crippen MR) is 189 cm³/mol. The summed E-state index contributed by atoms with van der Waals surface area (Å²) >= 11 is 0. The van der Waals surface area contributed by atoms with Crippen LogP contribution < -0.4 is 24.8 Å². The molecule has 0 aromatic heterocycles. The summed E-state index contributed by atoms with van der Waals surface area (Å²) in [6, 6.07) is 37.9. The Morgan fingerprint density at radius 2 is 0.918 bits per heavy atom. The largest absolute Gasteiger partial charge is 0.508 e. The molecule has 0 aliphatic carbocycles. The highest BCUT2D eigenvalue weighted by Gasteiger charge is 2.21. The lowest BCUT2D eigenvalue weighted by molar-refractivity contribution is 0.214. The van der Waals surface area contributed by atoms with Crippen LogP contribution >= 0.6 is 0 Å². The second-order valence-corrected chi connectivity index (χ2v) is 11.1. The predicted octanol–water partition coefficient (Wildman–Crippen LogP) is 10.1. The van der Waals surface area contributed by atoms with E-state index < -0.39 is 12.2 Å². The summed E-state index contributed by atoms with van der Waals surface area (Å²) in [6.07, 6.45) is -1.41. The van der Waals surface area contributed by atoms with Crippen molar-refractivity contribution in [3.8, 4) is 56.8 Å². The van der Waals surface area contributed by atoms with E-state index in [1.807, 2.05) is 12.1 Å². The minimum Gasteiger partial charge on any atom is -0.508 e. The van der Waals surface area contributed by atoms with Crippen molar-refractivity contribution in [3.05, 3.63) is 145 Å². The maximum absolute atomic E-state index is 13.0. The number of anilines is 2. The van der Waals surface area contributed by atoms with Gasteiger partial charge in [0.1, 0.15) is 34.5 Å². The third-order valence-electron chi connectivity index (χ3n) is 7.62. The molecule has 6 aromatic rings. The topological polar surface area (TPSA) is 126 Å². The van der Waals surface area contributed by atoms with Crippen molar-refractivity contribution in [1.29, 1.82) is 0 Å². The zero-order valence-corrected chi connectivity index (χ0v) is 26.6. The van der Waals surface area contributed by atoms with Gasteiger partial charge in [0.25, 0.3) is 0 Å². The van der Waals surface area contributed by atoms with Gasteiger partial charge >= 0.3 is 12.2 Å². The highest BCUT2D eigenvalue weighted by atomic mass is 16.6. The first kappa shape index (κ1) is 32.2. The third-order valence-corrected chi connectivity index (χ3v) is 7.62. The fraction of sp³-hybridized carbons (Fsp3) is 0.0500. The van der Waals surface area contributed by atoms with E-state index in [9.17, 15) is 19.8 Å². The fourth-order valence-corrected chi connectivity index (χ4v) is 5.24. The molecule has 0 spiro atoms. The van der Waals surface area contributed by atoms with Crippen LogP contribution in [0.25, 0.3) is 22.3 Å². The Labute approximate surface area is 283 Å². The molecular formula is C40H32N2O7. The molecule has 0 saturated carbocycles. The number of hydrogen-bond acceptors (Lipinski definition) is 7. The summed E-state index contributed by atoms with van der Waals surface area (Å²) in [5.41, 5.74) is 4.38. The van der Waals surface area contributed by atoms with Crippen molar-refractivity contribution < 1.29 is 34.0 Å². The molecule has 4 N–H and O–H groups in total. The first-order valence-electron chi connectivity index (χ1n) is 15.4. The smallest absolute Gasteiger partial charge is 0.417 e. The molecule has 0 radical (unpaired) electrons. The van der Waals surface area contributed by atoms with Crippen LogP contribution in [0.4, 0.5) is 21.0 Å². The Hall–Kier alpha value is -6.74. The summed E-state index contributed by atoms with van der Waals surface area (Å²) in [5.74, 6) is 1.71. The highest BCUT2D eigenvalue weighted by Crippen LogP contribution is 2.45. The van der Waals surface area contributed by atoms with Gasteiger partial charge in [-0.25, -0.2) is 9.59 Å². The van der Waals surface area contributed by atoms with E-state index in [1.54, 1.807) is 135 Å². The average molecular weight is 653 g/mol. The van der Waals surface area contributed by atoms with Crippen LogP contribution in [0.3, 0.4) is 0 Å². The molecule has 0 unspecified atom stereocenters. The summed E-state index contributed by atoms with van der Waals surface area (Å²) in [4.78, 5) is 26.1. The lowest BCUT2D eigenvalue weighted by atomic mass is 9.98. The maximum Gasteiger partial charge on any atom is 0.417 e. The number of phenolic OH excluding ortho intramolecular Hbond substituents is 2. The molecule has 2 amide bonds. The Balaban J connectivity index is 1.43. The number of nitrogens with one attached hydrogen (secondary N) is 2. The minimum atomic E-state index is -0.705. The van der Waals surface area contributed by atoms with E-state index in [1.165, 1.54) is 0 Å². The Morgan fingerprint density at radius 1 is 0.510 bits per heavy atom. The molecule has 9 nitrogen and oxygen atoms in total. The van der Waals surface area contributed by atoms with Crippen molar-refractivity contribution in [2.75, 3.05) is 10.6 Å². The van der Waals surface area contributed by atoms with Gasteiger partial charge in [0.2, 0.25) is 0 Å². The molecule has 6 aromatic carbocycles. The van der Waals surface area contributed by atoms with E-state index >= 15 is 0 Å². The van der Waals surface area contributed by atoms with Gasteiger partial charge in [-0.3, -0.25) is 10.6 Å². The molecular weight excluding hydrogens is 620 g/mol. The molecule has 6 rings (SSSR count). The van der Waals surface area contributed by atoms with Gasteiger partial charge in [0.05, 0.1) is 11.4 Å². The average Bonchev–Trinajstić information content (AvgIpc) is 3.08. The van der Waals surface area contributed by atoms with Gasteiger partial charge in [0.15, 0.2) is 0 Å². The van der Waals surface area contributed by atoms with Gasteiger partial charge in [-0.15, -0.1) is 0 Å². The summed E-state index contributed by atoms with van der Waals surface area (Å²) in [5, 5.41) is 26.2. The number of ether oxygens (including phenoxy) is 3. The van der Waals surface area contributed by atoms with Crippen molar-refractivity contribution in [3.63, 3.8) is 0 Å². The normalized spacial score (nSPS) is 10.6. The third kappa shape index (κ3) is 7.64. The van der Waals surface area contributed by atoms with Crippen LogP contribution in [-0.4, -0.2) is 22.4 Å². The Bertz CT molecular complexity index is 1980. The number of amides is 2. The van der Waals surface area contributed by atoms with Crippen LogP contribution in [0, 0.1) is 13.8 Å². The molecule has 0 aliphatic heterocycles. The van der Waals surface area contributed by atoms with Gasteiger partial charge in [-0.05, 0) is 109 Å². The number of benzene rings is 6. The zero-order chi connectivity index (χ0) is 34.3. The second-order valence-electron chi connectivity index (χ2n) is 11.1. The molecule has 0 atom stereocenters. The van der Waals surface area contributed by atoms with Gasteiger partial charge < -0.3 is 24.4 Å². The number of carbonyl (C=O) groups excluding carboxylic acids is 2. The van der Waals surface area contributed by atoms with E-state index in [2.05, 4.69) is 10.6 Å². The van der Waals surface area contributed by atoms with Crippen molar-refractivity contribution >= 4 is 23.6 Å². The molecule has 0 bridgehead atoms. The van der Waals surface area contributed by atoms with Crippen LogP contribution in [0.1, 0.15) is 11.1 Å². The van der Waals surface area contributed by atoms with Crippen LogP contribution in [0.2, 0.25) is 0 Å². The van der Waals surface area contributed by atoms with E-state index in [-0.39, 0.29) is 11.5 Å². The first-order chi connectivity index (χ1) is 23.7. The Kier molecular flexibility index (Phi) is 9.44. The number of aromatic hydroxyl groups is 2. The second kappa shape index (κ2) is 14.4. The molecule has 0 heterocycles. The first-order valence-corrected chi connectivity index (χ1v) is 15.4. The van der Waals surface area contributed by atoms with Gasteiger partial charge in [-0.2, -0.15) is 0 Å². The van der Waals surface area contributed by atoms with E-state index in [0.29, 0.717) is 67.8 Å². The standard InChI is InChI=1S/C40H32N2O7/c1-25-23-27(19-21-33(25)43)37-31(41-39(45)47-29-11-5-3-6-12-29)15-9-17-35(37)49-36-18-10-16-32(38(36)28-20-22-34(44)26(2)24-28)42-40(46)48-30-13-7-4-8-14-30/h3-24,43-44H,1-2H3,(H,41,45)(H,42,46). The van der Waals surface area contributed by atoms with E-state index in [4.69, 9.17) is 14.2 Å². The number of rotatable bonds is 8. The number of aryl methyl sites for hydroxylation is 2. The number of hydrogen-bond donors (Lipinski definition) is 4. The molecule has 49 heavy (non-hydrogen) atoms. The number of carbonyl (C=O) groups is 2. The monoisotopic (exact) mass is 652 g/mol. The maximum atomic E-state index is 13.0.